The fraction of sp³-hybridized carbons (Fsp3) is 0.273. The molecular weight excluding hydrogens is 210 g/mol. The molecule has 1 aromatic carbocycles. The summed E-state index contributed by atoms with van der Waals surface area (Å²) in [7, 11) is 0. The Kier molecular flexibility index (Phi) is 2.87. The van der Waals surface area contributed by atoms with Crippen LogP contribution in [-0.2, 0) is 4.74 Å². The predicted molar refractivity (Wildman–Crippen MR) is 57.5 cm³/mol. The maximum atomic E-state index is 10.8. The molecule has 0 aliphatic carbocycles. The molecule has 0 aromatic heterocycles. The van der Waals surface area contributed by atoms with Crippen LogP contribution in [0, 0.1) is 10.1 Å². The van der Waals surface area contributed by atoms with Gasteiger partial charge in [0, 0.05) is 18.2 Å². The molecule has 0 radical (unpaired) electrons. The first-order chi connectivity index (χ1) is 7.72. The highest BCUT2D eigenvalue weighted by molar-refractivity contribution is 5.61. The van der Waals surface area contributed by atoms with E-state index in [0.717, 1.165) is 0 Å². The van der Waals surface area contributed by atoms with E-state index in [1.54, 1.807) is 25.1 Å². The van der Waals surface area contributed by atoms with Crippen LogP contribution in [0.15, 0.2) is 30.0 Å². The largest absolute Gasteiger partial charge is 0.453 e. The molecule has 5 nitrogen and oxygen atoms in total. The van der Waals surface area contributed by atoms with E-state index in [1.807, 2.05) is 6.07 Å². The van der Waals surface area contributed by atoms with E-state index in [4.69, 9.17) is 9.47 Å². The number of hydrogen-bond donors (Lipinski definition) is 0. The van der Waals surface area contributed by atoms with Crippen LogP contribution < -0.4 is 4.74 Å². The lowest BCUT2D eigenvalue weighted by molar-refractivity contribution is -0.444. The lowest BCUT2D eigenvalue weighted by atomic mass is 10.1. The number of rotatable bonds is 3. The fourth-order valence-electron chi connectivity index (χ4n) is 1.52. The molecule has 0 saturated heterocycles. The average molecular weight is 221 g/mol. The molecule has 0 fully saturated rings. The van der Waals surface area contributed by atoms with Gasteiger partial charge in [-0.2, -0.15) is 0 Å². The summed E-state index contributed by atoms with van der Waals surface area (Å²) >= 11 is 0. The highest BCUT2D eigenvalue weighted by atomic mass is 16.7. The van der Waals surface area contributed by atoms with Crippen molar-refractivity contribution in [3.8, 4) is 5.75 Å². The summed E-state index contributed by atoms with van der Waals surface area (Å²) in [5.74, 6) is 0.603. The van der Waals surface area contributed by atoms with Gasteiger partial charge in [0.05, 0.1) is 4.92 Å². The minimum Gasteiger partial charge on any atom is -0.453 e. The van der Waals surface area contributed by atoms with Gasteiger partial charge >= 0.3 is 5.70 Å². The smallest absolute Gasteiger partial charge is 0.315 e. The topological polar surface area (TPSA) is 61.6 Å². The van der Waals surface area contributed by atoms with Gasteiger partial charge < -0.3 is 9.47 Å². The Bertz CT molecular complexity index is 441. The molecule has 1 heterocycles. The van der Waals surface area contributed by atoms with E-state index in [0.29, 0.717) is 17.9 Å². The lowest BCUT2D eigenvalue weighted by Gasteiger charge is -2.21. The van der Waals surface area contributed by atoms with Gasteiger partial charge in [-0.1, -0.05) is 18.2 Å². The molecule has 0 saturated carbocycles. The maximum Gasteiger partial charge on any atom is 0.315 e. The SMILES string of the molecule is CCOC1Oc2ccccc2C=C1[N+](=O)[O-]. The van der Waals surface area contributed by atoms with Crippen LogP contribution in [0.3, 0.4) is 0 Å². The average Bonchev–Trinajstić information content (AvgIpc) is 2.28. The van der Waals surface area contributed by atoms with E-state index < -0.39 is 11.2 Å². The fourth-order valence-corrected chi connectivity index (χ4v) is 1.52. The van der Waals surface area contributed by atoms with Crippen molar-refractivity contribution in [1.29, 1.82) is 0 Å². The van der Waals surface area contributed by atoms with E-state index in [-0.39, 0.29) is 5.70 Å². The first-order valence-electron chi connectivity index (χ1n) is 4.95. The van der Waals surface area contributed by atoms with Crippen molar-refractivity contribution in [2.75, 3.05) is 6.61 Å². The molecule has 0 spiro atoms. The monoisotopic (exact) mass is 221 g/mol. The lowest BCUT2D eigenvalue weighted by Crippen LogP contribution is -2.29. The zero-order valence-corrected chi connectivity index (χ0v) is 8.75. The minimum absolute atomic E-state index is 0.0689. The molecule has 2 rings (SSSR count). The Morgan fingerprint density at radius 1 is 1.50 bits per heavy atom. The number of benzene rings is 1. The van der Waals surface area contributed by atoms with Gasteiger partial charge in [-0.15, -0.1) is 0 Å². The summed E-state index contributed by atoms with van der Waals surface area (Å²) in [6, 6.07) is 7.14. The van der Waals surface area contributed by atoms with E-state index in [9.17, 15) is 10.1 Å². The number of nitro groups is 1. The molecule has 1 aromatic rings. The summed E-state index contributed by atoms with van der Waals surface area (Å²) in [5.41, 5.74) is 0.630. The Morgan fingerprint density at radius 2 is 2.25 bits per heavy atom. The number of fused-ring (bicyclic) bond motifs is 1. The van der Waals surface area contributed by atoms with Gasteiger partial charge in [0.1, 0.15) is 5.75 Å². The summed E-state index contributed by atoms with van der Waals surface area (Å²) in [4.78, 5) is 10.4. The summed E-state index contributed by atoms with van der Waals surface area (Å²) in [6.07, 6.45) is 0.564. The highest BCUT2D eigenvalue weighted by Gasteiger charge is 2.31. The van der Waals surface area contributed by atoms with E-state index in [1.165, 1.54) is 6.08 Å². The zero-order chi connectivity index (χ0) is 11.5. The van der Waals surface area contributed by atoms with Gasteiger partial charge in [-0.25, -0.2) is 0 Å². The number of hydrogen-bond acceptors (Lipinski definition) is 4. The quantitative estimate of drug-likeness (QED) is 0.579. The second-order valence-corrected chi connectivity index (χ2v) is 3.27. The molecule has 0 amide bonds. The Labute approximate surface area is 92.4 Å². The molecule has 1 aliphatic rings. The van der Waals surface area contributed by atoms with Crippen LogP contribution >= 0.6 is 0 Å². The van der Waals surface area contributed by atoms with Crippen molar-refractivity contribution in [3.05, 3.63) is 45.6 Å². The van der Waals surface area contributed by atoms with Gasteiger partial charge in [0.25, 0.3) is 6.29 Å². The molecule has 1 unspecified atom stereocenters. The molecule has 1 atom stereocenters. The van der Waals surface area contributed by atoms with Crippen molar-refractivity contribution in [2.45, 2.75) is 13.2 Å². The van der Waals surface area contributed by atoms with E-state index >= 15 is 0 Å². The van der Waals surface area contributed by atoms with Crippen molar-refractivity contribution in [2.24, 2.45) is 0 Å². The van der Waals surface area contributed by atoms with Crippen LogP contribution in [0.4, 0.5) is 0 Å². The van der Waals surface area contributed by atoms with Crippen LogP contribution in [0.1, 0.15) is 12.5 Å². The second kappa shape index (κ2) is 4.32. The molecule has 16 heavy (non-hydrogen) atoms. The first kappa shape index (κ1) is 10.6. The normalized spacial score (nSPS) is 18.3. The third kappa shape index (κ3) is 1.90. The molecule has 5 heteroatoms. The molecule has 0 N–H and O–H groups in total. The zero-order valence-electron chi connectivity index (χ0n) is 8.75. The Hall–Kier alpha value is -1.88. The van der Waals surface area contributed by atoms with Crippen molar-refractivity contribution < 1.29 is 14.4 Å². The maximum absolute atomic E-state index is 10.8. The Balaban J connectivity index is 2.39. The van der Waals surface area contributed by atoms with Crippen molar-refractivity contribution in [3.63, 3.8) is 0 Å². The van der Waals surface area contributed by atoms with Crippen LogP contribution in [0.25, 0.3) is 6.08 Å². The number of nitrogens with zero attached hydrogens (tertiary/aromatic N) is 1. The minimum atomic E-state index is -0.921. The standard InChI is InChI=1S/C11H11NO4/c1-2-15-11-9(12(13)14)7-8-5-3-4-6-10(8)16-11/h3-7,11H,2H2,1H3. The summed E-state index contributed by atoms with van der Waals surface area (Å²) < 4.78 is 10.6. The number of para-hydroxylation sites is 1. The summed E-state index contributed by atoms with van der Waals surface area (Å²) in [6.45, 7) is 2.12. The van der Waals surface area contributed by atoms with Gasteiger partial charge in [-0.3, -0.25) is 10.1 Å². The number of ether oxygens (including phenoxy) is 2. The van der Waals surface area contributed by atoms with Crippen LogP contribution in [-0.4, -0.2) is 17.8 Å². The highest BCUT2D eigenvalue weighted by Crippen LogP contribution is 2.29. The second-order valence-electron chi connectivity index (χ2n) is 3.27. The molecular formula is C11H11NO4. The van der Waals surface area contributed by atoms with Crippen molar-refractivity contribution >= 4 is 6.08 Å². The molecule has 1 aliphatic heterocycles. The van der Waals surface area contributed by atoms with Crippen LogP contribution in [0.5, 0.6) is 5.75 Å². The van der Waals surface area contributed by atoms with Crippen molar-refractivity contribution in [1.82, 2.24) is 0 Å². The van der Waals surface area contributed by atoms with Crippen LogP contribution in [0.2, 0.25) is 0 Å². The molecule has 0 bridgehead atoms. The van der Waals surface area contributed by atoms with Gasteiger partial charge in [0.15, 0.2) is 0 Å². The third-order valence-electron chi connectivity index (χ3n) is 2.23. The Morgan fingerprint density at radius 3 is 2.94 bits per heavy atom. The molecule has 84 valence electrons. The third-order valence-corrected chi connectivity index (χ3v) is 2.23. The predicted octanol–water partition coefficient (Wildman–Crippen LogP) is 2.06. The van der Waals surface area contributed by atoms with Gasteiger partial charge in [-0.05, 0) is 13.0 Å². The first-order valence-corrected chi connectivity index (χ1v) is 4.95. The van der Waals surface area contributed by atoms with E-state index in [2.05, 4.69) is 0 Å². The van der Waals surface area contributed by atoms with Gasteiger partial charge in [0.2, 0.25) is 0 Å². The summed E-state index contributed by atoms with van der Waals surface area (Å²) in [5, 5.41) is 10.8.